The Morgan fingerprint density at radius 1 is 1.42 bits per heavy atom. The lowest BCUT2D eigenvalue weighted by Gasteiger charge is -2.39. The highest BCUT2D eigenvalue weighted by Gasteiger charge is 2.38. The van der Waals surface area contributed by atoms with Crippen LogP contribution in [-0.4, -0.2) is 64.3 Å². The Morgan fingerprint density at radius 2 is 2.05 bits per heavy atom. The number of carboxylic acid groups (broad SMARTS) is 1. The fourth-order valence-corrected chi connectivity index (χ4v) is 2.25. The zero-order valence-electron chi connectivity index (χ0n) is 11.9. The standard InChI is InChI=1S/C13H24N2O4/c1-13(2,11(17)18)14(3)12(19)15-7-4-5-10(9-15)6-8-16/h10,16H,4-9H2,1-3H3,(H,17,18). The molecule has 0 radical (unpaired) electrons. The normalized spacial score (nSPS) is 20.2. The first kappa shape index (κ1) is 15.8. The van der Waals surface area contributed by atoms with Gasteiger partial charge in [0.2, 0.25) is 0 Å². The van der Waals surface area contributed by atoms with Crippen LogP contribution in [0.2, 0.25) is 0 Å². The second-order valence-corrected chi connectivity index (χ2v) is 5.67. The SMILES string of the molecule is CN(C(=O)N1CCCC(CCO)C1)C(C)(C)C(=O)O. The largest absolute Gasteiger partial charge is 0.480 e. The van der Waals surface area contributed by atoms with E-state index in [0.717, 1.165) is 12.8 Å². The Labute approximate surface area is 114 Å². The van der Waals surface area contributed by atoms with Gasteiger partial charge in [0.25, 0.3) is 0 Å². The molecule has 1 aliphatic rings. The molecule has 0 saturated carbocycles. The quantitative estimate of drug-likeness (QED) is 0.800. The molecule has 1 rings (SSSR count). The van der Waals surface area contributed by atoms with Gasteiger partial charge in [-0.25, -0.2) is 9.59 Å². The van der Waals surface area contributed by atoms with Crippen molar-refractivity contribution in [1.29, 1.82) is 0 Å². The van der Waals surface area contributed by atoms with Gasteiger partial charge in [-0.2, -0.15) is 0 Å². The number of rotatable bonds is 4. The summed E-state index contributed by atoms with van der Waals surface area (Å²) in [5.41, 5.74) is -1.22. The highest BCUT2D eigenvalue weighted by atomic mass is 16.4. The van der Waals surface area contributed by atoms with E-state index in [1.54, 1.807) is 4.90 Å². The second kappa shape index (κ2) is 6.23. The molecular formula is C13H24N2O4. The van der Waals surface area contributed by atoms with Gasteiger partial charge >= 0.3 is 12.0 Å². The molecule has 1 unspecified atom stereocenters. The molecule has 1 aliphatic heterocycles. The minimum atomic E-state index is -1.22. The Hall–Kier alpha value is -1.30. The van der Waals surface area contributed by atoms with E-state index in [9.17, 15) is 9.59 Å². The van der Waals surface area contributed by atoms with Crippen molar-refractivity contribution in [3.63, 3.8) is 0 Å². The van der Waals surface area contributed by atoms with E-state index >= 15 is 0 Å². The number of carbonyl (C=O) groups excluding carboxylic acids is 1. The molecule has 0 aromatic heterocycles. The zero-order chi connectivity index (χ0) is 14.6. The molecule has 1 saturated heterocycles. The number of likely N-dealkylation sites (tertiary alicyclic amines) is 1. The predicted molar refractivity (Wildman–Crippen MR) is 70.9 cm³/mol. The number of hydrogen-bond donors (Lipinski definition) is 2. The molecular weight excluding hydrogens is 248 g/mol. The van der Waals surface area contributed by atoms with Crippen LogP contribution in [0.15, 0.2) is 0 Å². The van der Waals surface area contributed by atoms with E-state index in [4.69, 9.17) is 10.2 Å². The van der Waals surface area contributed by atoms with Crippen LogP contribution in [0, 0.1) is 5.92 Å². The highest BCUT2D eigenvalue weighted by Crippen LogP contribution is 2.22. The van der Waals surface area contributed by atoms with E-state index < -0.39 is 11.5 Å². The van der Waals surface area contributed by atoms with Crippen molar-refractivity contribution in [2.45, 2.75) is 38.6 Å². The second-order valence-electron chi connectivity index (χ2n) is 5.67. The van der Waals surface area contributed by atoms with E-state index in [0.29, 0.717) is 25.4 Å². The van der Waals surface area contributed by atoms with Crippen LogP contribution < -0.4 is 0 Å². The maximum absolute atomic E-state index is 12.3. The minimum absolute atomic E-state index is 0.128. The van der Waals surface area contributed by atoms with Crippen LogP contribution in [0.25, 0.3) is 0 Å². The predicted octanol–water partition coefficient (Wildman–Crippen LogP) is 0.996. The molecule has 0 aromatic carbocycles. The number of urea groups is 1. The van der Waals surface area contributed by atoms with Crippen LogP contribution in [0.3, 0.4) is 0 Å². The van der Waals surface area contributed by atoms with Gasteiger partial charge in [-0.3, -0.25) is 0 Å². The first-order chi connectivity index (χ1) is 8.80. The van der Waals surface area contributed by atoms with Gasteiger partial charge in [0.05, 0.1) is 0 Å². The molecule has 6 nitrogen and oxygen atoms in total. The van der Waals surface area contributed by atoms with Gasteiger partial charge < -0.3 is 20.0 Å². The number of carboxylic acids is 1. The van der Waals surface area contributed by atoms with Crippen LogP contribution in [0.1, 0.15) is 33.1 Å². The van der Waals surface area contributed by atoms with Crippen molar-refractivity contribution in [2.75, 3.05) is 26.7 Å². The average Bonchev–Trinajstić information content (AvgIpc) is 2.37. The van der Waals surface area contributed by atoms with Gasteiger partial charge in [-0.05, 0) is 39.0 Å². The van der Waals surface area contributed by atoms with Crippen LogP contribution in [0.4, 0.5) is 4.79 Å². The third-order valence-corrected chi connectivity index (χ3v) is 3.98. The Kier molecular flexibility index (Phi) is 5.17. The number of hydrogen-bond acceptors (Lipinski definition) is 3. The minimum Gasteiger partial charge on any atom is -0.480 e. The number of nitrogens with zero attached hydrogens (tertiary/aromatic N) is 2. The van der Waals surface area contributed by atoms with Crippen LogP contribution in [-0.2, 0) is 4.79 Å². The summed E-state index contributed by atoms with van der Waals surface area (Å²) < 4.78 is 0. The fraction of sp³-hybridized carbons (Fsp3) is 0.846. The molecule has 1 atom stereocenters. The summed E-state index contributed by atoms with van der Waals surface area (Å²) in [5.74, 6) is -0.712. The summed E-state index contributed by atoms with van der Waals surface area (Å²) in [6.45, 7) is 4.41. The van der Waals surface area contributed by atoms with Gasteiger partial charge in [0, 0.05) is 26.7 Å². The zero-order valence-corrected chi connectivity index (χ0v) is 11.9. The monoisotopic (exact) mass is 272 g/mol. The van der Waals surface area contributed by atoms with Crippen molar-refractivity contribution in [1.82, 2.24) is 9.80 Å². The molecule has 19 heavy (non-hydrogen) atoms. The number of carbonyl (C=O) groups is 2. The van der Waals surface area contributed by atoms with Gasteiger partial charge in [0.15, 0.2) is 0 Å². The number of aliphatic hydroxyl groups excluding tert-OH is 1. The van der Waals surface area contributed by atoms with Gasteiger partial charge in [-0.15, -0.1) is 0 Å². The molecule has 6 heteroatoms. The van der Waals surface area contributed by atoms with Crippen molar-refractivity contribution < 1.29 is 19.8 Å². The molecule has 1 fully saturated rings. The Bertz CT molecular complexity index is 342. The summed E-state index contributed by atoms with van der Waals surface area (Å²) in [5, 5.41) is 18.1. The van der Waals surface area contributed by atoms with Gasteiger partial charge in [0.1, 0.15) is 5.54 Å². The molecule has 1 heterocycles. The summed E-state index contributed by atoms with van der Waals surface area (Å²) >= 11 is 0. The molecule has 2 amide bonds. The van der Waals surface area contributed by atoms with Crippen molar-refractivity contribution in [3.8, 4) is 0 Å². The number of likely N-dealkylation sites (N-methyl/N-ethyl adjacent to an activating group) is 1. The lowest BCUT2D eigenvalue weighted by Crippen LogP contribution is -2.56. The summed E-state index contributed by atoms with van der Waals surface area (Å²) in [7, 11) is 1.52. The fourth-order valence-electron chi connectivity index (χ4n) is 2.25. The summed E-state index contributed by atoms with van der Waals surface area (Å²) in [6, 6.07) is -0.255. The smallest absolute Gasteiger partial charge is 0.329 e. The summed E-state index contributed by atoms with van der Waals surface area (Å²) in [6.07, 6.45) is 2.60. The van der Waals surface area contributed by atoms with E-state index in [-0.39, 0.29) is 12.6 Å². The molecule has 0 bridgehead atoms. The third-order valence-electron chi connectivity index (χ3n) is 3.98. The molecule has 0 aliphatic carbocycles. The number of piperidine rings is 1. The summed E-state index contributed by atoms with van der Waals surface area (Å²) in [4.78, 5) is 26.5. The average molecular weight is 272 g/mol. The Balaban J connectivity index is 2.69. The maximum atomic E-state index is 12.3. The van der Waals surface area contributed by atoms with Crippen LogP contribution >= 0.6 is 0 Å². The first-order valence-corrected chi connectivity index (χ1v) is 6.67. The Morgan fingerprint density at radius 3 is 2.58 bits per heavy atom. The van der Waals surface area contributed by atoms with Crippen LogP contribution in [0.5, 0.6) is 0 Å². The van der Waals surface area contributed by atoms with E-state index in [2.05, 4.69) is 0 Å². The maximum Gasteiger partial charge on any atom is 0.329 e. The topological polar surface area (TPSA) is 81.1 Å². The van der Waals surface area contributed by atoms with Crippen molar-refractivity contribution >= 4 is 12.0 Å². The lowest BCUT2D eigenvalue weighted by atomic mass is 9.95. The molecule has 110 valence electrons. The molecule has 0 aromatic rings. The highest BCUT2D eigenvalue weighted by molar-refractivity contribution is 5.85. The molecule has 2 N–H and O–H groups in total. The number of aliphatic carboxylic acids is 1. The first-order valence-electron chi connectivity index (χ1n) is 6.67. The van der Waals surface area contributed by atoms with E-state index in [1.165, 1.54) is 25.8 Å². The van der Waals surface area contributed by atoms with Crippen molar-refractivity contribution in [3.05, 3.63) is 0 Å². The van der Waals surface area contributed by atoms with Gasteiger partial charge in [-0.1, -0.05) is 0 Å². The third kappa shape index (κ3) is 3.59. The number of aliphatic hydroxyl groups is 1. The molecule has 0 spiro atoms. The van der Waals surface area contributed by atoms with Crippen molar-refractivity contribution in [2.24, 2.45) is 5.92 Å². The lowest BCUT2D eigenvalue weighted by molar-refractivity contribution is -0.147. The number of amides is 2. The van der Waals surface area contributed by atoms with E-state index in [1.807, 2.05) is 0 Å².